The molecule has 1 rings (SSSR count). The first-order valence-corrected chi connectivity index (χ1v) is 7.92. The Kier molecular flexibility index (Phi) is 7.40. The zero-order valence-electron chi connectivity index (χ0n) is 11.8. The molecule has 102 valence electrons. The predicted octanol–water partition coefficient (Wildman–Crippen LogP) is 3.68. The molecule has 1 aromatic rings. The van der Waals surface area contributed by atoms with Crippen LogP contribution in [-0.2, 0) is 6.42 Å². The molecular weight excluding hydrogens is 240 g/mol. The normalized spacial score (nSPS) is 14.4. The fourth-order valence-electron chi connectivity index (χ4n) is 1.82. The lowest BCUT2D eigenvalue weighted by molar-refractivity contribution is 0.609. The third-order valence-electron chi connectivity index (χ3n) is 3.24. The third kappa shape index (κ3) is 5.01. The third-order valence-corrected chi connectivity index (χ3v) is 4.67. The Labute approximate surface area is 116 Å². The van der Waals surface area contributed by atoms with Crippen molar-refractivity contribution in [3.05, 3.63) is 35.4 Å². The molecule has 1 aromatic carbocycles. The maximum atomic E-state index is 5.67. The average molecular weight is 266 g/mol. The molecule has 0 fully saturated rings. The molecule has 3 heteroatoms. The molecular formula is C15H26N2S. The summed E-state index contributed by atoms with van der Waals surface area (Å²) in [5.74, 6) is 6.69. The minimum atomic E-state index is 0.250. The van der Waals surface area contributed by atoms with E-state index in [4.69, 9.17) is 5.84 Å². The predicted molar refractivity (Wildman–Crippen MR) is 82.7 cm³/mol. The second kappa shape index (κ2) is 8.57. The fourth-order valence-corrected chi connectivity index (χ4v) is 2.87. The molecule has 0 saturated carbocycles. The number of thioether (sulfide) groups is 1. The second-order valence-electron chi connectivity index (χ2n) is 4.76. The van der Waals surface area contributed by atoms with Crippen LogP contribution in [-0.4, -0.2) is 11.0 Å². The van der Waals surface area contributed by atoms with Gasteiger partial charge in [-0.25, -0.2) is 0 Å². The van der Waals surface area contributed by atoms with Crippen molar-refractivity contribution in [2.45, 2.75) is 51.3 Å². The van der Waals surface area contributed by atoms with Gasteiger partial charge in [-0.05, 0) is 24.0 Å². The Balaban J connectivity index is 2.58. The van der Waals surface area contributed by atoms with Crippen molar-refractivity contribution in [1.82, 2.24) is 5.43 Å². The van der Waals surface area contributed by atoms with Crippen LogP contribution in [0.3, 0.4) is 0 Å². The summed E-state index contributed by atoms with van der Waals surface area (Å²) in [5, 5.41) is 0.695. The first-order chi connectivity index (χ1) is 8.71. The molecule has 0 heterocycles. The van der Waals surface area contributed by atoms with Gasteiger partial charge in [0.15, 0.2) is 0 Å². The maximum absolute atomic E-state index is 5.67. The highest BCUT2D eigenvalue weighted by Crippen LogP contribution is 2.22. The summed E-state index contributed by atoms with van der Waals surface area (Å²) in [5.41, 5.74) is 5.62. The van der Waals surface area contributed by atoms with Gasteiger partial charge in [0, 0.05) is 11.0 Å². The van der Waals surface area contributed by atoms with Gasteiger partial charge in [0.1, 0.15) is 0 Å². The lowest BCUT2D eigenvalue weighted by Gasteiger charge is -2.18. The van der Waals surface area contributed by atoms with E-state index in [-0.39, 0.29) is 6.04 Å². The highest BCUT2D eigenvalue weighted by molar-refractivity contribution is 7.99. The van der Waals surface area contributed by atoms with Crippen molar-refractivity contribution in [3.63, 3.8) is 0 Å². The number of aryl methyl sites for hydroxylation is 1. The van der Waals surface area contributed by atoms with E-state index in [0.29, 0.717) is 5.25 Å². The van der Waals surface area contributed by atoms with Crippen LogP contribution in [0.1, 0.15) is 50.8 Å². The molecule has 18 heavy (non-hydrogen) atoms. The Hall–Kier alpha value is -0.510. The molecule has 0 aliphatic rings. The van der Waals surface area contributed by atoms with Gasteiger partial charge in [0.05, 0.1) is 6.04 Å². The van der Waals surface area contributed by atoms with E-state index in [2.05, 4.69) is 50.5 Å². The van der Waals surface area contributed by atoms with E-state index in [1.165, 1.54) is 24.0 Å². The van der Waals surface area contributed by atoms with Gasteiger partial charge >= 0.3 is 0 Å². The van der Waals surface area contributed by atoms with Crippen LogP contribution in [0.2, 0.25) is 0 Å². The van der Waals surface area contributed by atoms with Gasteiger partial charge in [-0.2, -0.15) is 11.8 Å². The van der Waals surface area contributed by atoms with Gasteiger partial charge in [-0.3, -0.25) is 11.3 Å². The molecule has 2 nitrogen and oxygen atoms in total. The molecule has 0 saturated heterocycles. The molecule has 0 radical (unpaired) electrons. The maximum Gasteiger partial charge on any atom is 0.0550 e. The van der Waals surface area contributed by atoms with Crippen molar-refractivity contribution in [3.8, 4) is 0 Å². The minimum Gasteiger partial charge on any atom is -0.271 e. The molecule has 0 aromatic heterocycles. The number of rotatable bonds is 8. The SMILES string of the molecule is CCCc1ccc(C(CSC(C)CC)NN)cc1. The molecule has 0 amide bonds. The van der Waals surface area contributed by atoms with E-state index in [9.17, 15) is 0 Å². The van der Waals surface area contributed by atoms with Crippen molar-refractivity contribution in [2.24, 2.45) is 5.84 Å². The van der Waals surface area contributed by atoms with Crippen LogP contribution in [0.15, 0.2) is 24.3 Å². The molecule has 3 N–H and O–H groups in total. The lowest BCUT2D eigenvalue weighted by Crippen LogP contribution is -2.30. The number of nitrogens with one attached hydrogen (secondary N) is 1. The Bertz CT molecular complexity index is 324. The number of hydrazine groups is 1. The topological polar surface area (TPSA) is 38.0 Å². The fraction of sp³-hybridized carbons (Fsp3) is 0.600. The first-order valence-electron chi connectivity index (χ1n) is 6.87. The molecule has 2 unspecified atom stereocenters. The Morgan fingerprint density at radius 3 is 2.39 bits per heavy atom. The second-order valence-corrected chi connectivity index (χ2v) is 6.23. The van der Waals surface area contributed by atoms with Crippen LogP contribution in [0, 0.1) is 0 Å². The van der Waals surface area contributed by atoms with Crippen LogP contribution in [0.25, 0.3) is 0 Å². The smallest absolute Gasteiger partial charge is 0.0550 e. The van der Waals surface area contributed by atoms with Gasteiger partial charge in [0.25, 0.3) is 0 Å². The largest absolute Gasteiger partial charge is 0.271 e. The van der Waals surface area contributed by atoms with Crippen molar-refractivity contribution in [2.75, 3.05) is 5.75 Å². The van der Waals surface area contributed by atoms with E-state index >= 15 is 0 Å². The zero-order valence-corrected chi connectivity index (χ0v) is 12.6. The summed E-state index contributed by atoms with van der Waals surface area (Å²) in [6.07, 6.45) is 3.56. The minimum absolute atomic E-state index is 0.250. The summed E-state index contributed by atoms with van der Waals surface area (Å²) in [6, 6.07) is 9.09. The number of hydrogen-bond donors (Lipinski definition) is 2. The summed E-state index contributed by atoms with van der Waals surface area (Å²) in [7, 11) is 0. The van der Waals surface area contributed by atoms with Crippen LogP contribution < -0.4 is 11.3 Å². The van der Waals surface area contributed by atoms with Crippen molar-refractivity contribution < 1.29 is 0 Å². The van der Waals surface area contributed by atoms with Crippen molar-refractivity contribution in [1.29, 1.82) is 0 Å². The molecule has 0 aliphatic heterocycles. The highest BCUT2D eigenvalue weighted by atomic mass is 32.2. The molecule has 0 aliphatic carbocycles. The number of nitrogens with two attached hydrogens (primary N) is 1. The average Bonchev–Trinajstić information content (AvgIpc) is 2.41. The standard InChI is InChI=1S/C15H26N2S/c1-4-6-13-7-9-14(10-8-13)15(17-16)11-18-12(3)5-2/h7-10,12,15,17H,4-6,11,16H2,1-3H3. The van der Waals surface area contributed by atoms with Gasteiger partial charge in [-0.15, -0.1) is 0 Å². The summed E-state index contributed by atoms with van der Waals surface area (Å²) >= 11 is 1.98. The summed E-state index contributed by atoms with van der Waals surface area (Å²) in [4.78, 5) is 0. The molecule has 0 bridgehead atoms. The van der Waals surface area contributed by atoms with Crippen molar-refractivity contribution >= 4 is 11.8 Å². The Morgan fingerprint density at radius 1 is 1.22 bits per heavy atom. The van der Waals surface area contributed by atoms with Crippen LogP contribution in [0.5, 0.6) is 0 Å². The Morgan fingerprint density at radius 2 is 1.89 bits per heavy atom. The van der Waals surface area contributed by atoms with E-state index < -0.39 is 0 Å². The monoisotopic (exact) mass is 266 g/mol. The van der Waals surface area contributed by atoms with Gasteiger partial charge in [-0.1, -0.05) is 51.5 Å². The zero-order chi connectivity index (χ0) is 13.4. The van der Waals surface area contributed by atoms with E-state index in [0.717, 1.165) is 12.2 Å². The molecule has 2 atom stereocenters. The van der Waals surface area contributed by atoms with Crippen LogP contribution in [0.4, 0.5) is 0 Å². The van der Waals surface area contributed by atoms with Gasteiger partial charge in [0.2, 0.25) is 0 Å². The summed E-state index contributed by atoms with van der Waals surface area (Å²) in [6.45, 7) is 6.70. The van der Waals surface area contributed by atoms with Crippen LogP contribution >= 0.6 is 11.8 Å². The van der Waals surface area contributed by atoms with E-state index in [1.54, 1.807) is 0 Å². The van der Waals surface area contributed by atoms with Gasteiger partial charge < -0.3 is 0 Å². The summed E-state index contributed by atoms with van der Waals surface area (Å²) < 4.78 is 0. The quantitative estimate of drug-likeness (QED) is 0.557. The molecule has 0 spiro atoms. The highest BCUT2D eigenvalue weighted by Gasteiger charge is 2.11. The van der Waals surface area contributed by atoms with E-state index in [1.807, 2.05) is 11.8 Å². The first kappa shape index (κ1) is 15.5. The number of benzene rings is 1. The lowest BCUT2D eigenvalue weighted by atomic mass is 10.0. The number of hydrogen-bond acceptors (Lipinski definition) is 3.